The summed E-state index contributed by atoms with van der Waals surface area (Å²) in [5.74, 6) is 2.28. The molecule has 0 aromatic carbocycles. The molecule has 0 radical (unpaired) electrons. The molecule has 1 heterocycles. The van der Waals surface area contributed by atoms with E-state index in [1.165, 1.54) is 26.0 Å². The second-order valence-corrected chi connectivity index (χ2v) is 5.26. The molecule has 3 nitrogen and oxygen atoms in total. The van der Waals surface area contributed by atoms with Crippen LogP contribution in [0.1, 0.15) is 40.5 Å². The molecule has 1 aliphatic heterocycles. The summed E-state index contributed by atoms with van der Waals surface area (Å²) in [7, 11) is 1.35. The molecule has 3 heteroatoms. The van der Waals surface area contributed by atoms with Crippen molar-refractivity contribution in [1.29, 1.82) is 0 Å². The Hall–Kier alpha value is -1.51. The van der Waals surface area contributed by atoms with Gasteiger partial charge in [0.2, 0.25) is 0 Å². The summed E-state index contributed by atoms with van der Waals surface area (Å²) in [5, 5.41) is 0. The predicted molar refractivity (Wildman–Crippen MR) is 76.3 cm³/mol. The van der Waals surface area contributed by atoms with Crippen LogP contribution in [0.25, 0.3) is 0 Å². The fourth-order valence-corrected chi connectivity index (χ4v) is 2.08. The van der Waals surface area contributed by atoms with Gasteiger partial charge < -0.3 is 9.47 Å². The summed E-state index contributed by atoms with van der Waals surface area (Å²) in [6.45, 7) is 8.75. The largest absolute Gasteiger partial charge is 0.466 e. The highest BCUT2D eigenvalue weighted by molar-refractivity contribution is 5.83. The molecule has 0 unspecified atom stereocenters. The van der Waals surface area contributed by atoms with Gasteiger partial charge in [0.25, 0.3) is 0 Å². The van der Waals surface area contributed by atoms with Gasteiger partial charge in [0.15, 0.2) is 0 Å². The Labute approximate surface area is 116 Å². The Morgan fingerprint density at radius 2 is 2.11 bits per heavy atom. The van der Waals surface area contributed by atoms with Gasteiger partial charge in [-0.15, -0.1) is 0 Å². The first-order chi connectivity index (χ1) is 8.96. The summed E-state index contributed by atoms with van der Waals surface area (Å²) in [4.78, 5) is 11.0. The maximum atomic E-state index is 11.0. The Bertz CT molecular complexity index is 416. The van der Waals surface area contributed by atoms with E-state index in [4.69, 9.17) is 4.74 Å². The van der Waals surface area contributed by atoms with Crippen molar-refractivity contribution in [3.63, 3.8) is 0 Å². The maximum Gasteiger partial charge on any atom is 0.334 e. The van der Waals surface area contributed by atoms with Crippen LogP contribution in [0.15, 0.2) is 35.3 Å². The molecule has 0 spiro atoms. The zero-order chi connectivity index (χ0) is 14.4. The van der Waals surface area contributed by atoms with Crippen LogP contribution in [0.5, 0.6) is 0 Å². The van der Waals surface area contributed by atoms with Crippen molar-refractivity contribution in [3.05, 3.63) is 35.3 Å². The summed E-state index contributed by atoms with van der Waals surface area (Å²) >= 11 is 0. The van der Waals surface area contributed by atoms with Crippen molar-refractivity contribution in [2.24, 2.45) is 11.8 Å². The number of carbonyl (C=O) groups is 1. The molecule has 19 heavy (non-hydrogen) atoms. The van der Waals surface area contributed by atoms with Crippen LogP contribution in [-0.2, 0) is 14.3 Å². The molecule has 0 fully saturated rings. The highest BCUT2D eigenvalue weighted by atomic mass is 16.5. The lowest BCUT2D eigenvalue weighted by molar-refractivity contribution is -0.135. The van der Waals surface area contributed by atoms with E-state index >= 15 is 0 Å². The molecule has 0 saturated heterocycles. The van der Waals surface area contributed by atoms with E-state index in [9.17, 15) is 4.79 Å². The zero-order valence-corrected chi connectivity index (χ0v) is 12.5. The fraction of sp³-hybridized carbons (Fsp3) is 0.562. The lowest BCUT2D eigenvalue weighted by atomic mass is 9.93. The normalized spacial score (nSPS) is 20.2. The molecule has 0 N–H and O–H groups in total. The number of esters is 1. The minimum atomic E-state index is -0.392. The van der Waals surface area contributed by atoms with Gasteiger partial charge in [-0.1, -0.05) is 33.3 Å². The molecule has 0 aliphatic carbocycles. The van der Waals surface area contributed by atoms with Crippen LogP contribution in [0.2, 0.25) is 0 Å². The highest BCUT2D eigenvalue weighted by Gasteiger charge is 2.17. The molecule has 1 aliphatic rings. The standard InChI is InChI=1S/C16H24O3/c1-6-11(2)7-12(3)8-13(4)15-9-14(19-15)10-16(17)18-5/h8-12H,6-7H2,1-5H3/b13-8-,14-10+/t11-,12+/m1/s1. The first-order valence-electron chi connectivity index (χ1n) is 6.84. The van der Waals surface area contributed by atoms with Crippen molar-refractivity contribution in [3.8, 4) is 0 Å². The van der Waals surface area contributed by atoms with E-state index in [-0.39, 0.29) is 0 Å². The van der Waals surface area contributed by atoms with Crippen LogP contribution < -0.4 is 0 Å². The number of hydrogen-bond donors (Lipinski definition) is 0. The van der Waals surface area contributed by atoms with Crippen LogP contribution in [0.4, 0.5) is 0 Å². The van der Waals surface area contributed by atoms with E-state index in [0.29, 0.717) is 11.7 Å². The maximum absolute atomic E-state index is 11.0. The van der Waals surface area contributed by atoms with E-state index in [1.807, 2.05) is 13.0 Å². The van der Waals surface area contributed by atoms with Gasteiger partial charge in [-0.25, -0.2) is 4.79 Å². The average Bonchev–Trinajstić information content (AvgIpc) is 2.31. The van der Waals surface area contributed by atoms with Gasteiger partial charge in [-0.3, -0.25) is 0 Å². The second-order valence-electron chi connectivity index (χ2n) is 5.26. The Balaban J connectivity index is 2.56. The van der Waals surface area contributed by atoms with E-state index in [1.54, 1.807) is 0 Å². The number of ether oxygens (including phenoxy) is 2. The van der Waals surface area contributed by atoms with Crippen LogP contribution in [-0.4, -0.2) is 13.1 Å². The molecular weight excluding hydrogens is 240 g/mol. The van der Waals surface area contributed by atoms with Crippen molar-refractivity contribution < 1.29 is 14.3 Å². The Morgan fingerprint density at radius 1 is 1.47 bits per heavy atom. The van der Waals surface area contributed by atoms with E-state index in [2.05, 4.69) is 31.6 Å². The molecule has 0 aromatic heterocycles. The van der Waals surface area contributed by atoms with Gasteiger partial charge in [-0.05, 0) is 30.8 Å². The van der Waals surface area contributed by atoms with Crippen LogP contribution in [0.3, 0.4) is 0 Å². The SMILES string of the molecule is CC[C@@H](C)C[C@H](C)/C=C(/C)C1=C/C(=C\C(=O)OC)O1. The second kappa shape index (κ2) is 7.17. The number of rotatable bonds is 6. The van der Waals surface area contributed by atoms with Crippen LogP contribution in [0, 0.1) is 11.8 Å². The summed E-state index contributed by atoms with van der Waals surface area (Å²) in [6, 6.07) is 0. The third kappa shape index (κ3) is 4.93. The first-order valence-corrected chi connectivity index (χ1v) is 6.84. The van der Waals surface area contributed by atoms with E-state index < -0.39 is 5.97 Å². The topological polar surface area (TPSA) is 35.5 Å². The monoisotopic (exact) mass is 264 g/mol. The quantitative estimate of drug-likeness (QED) is 0.538. The first kappa shape index (κ1) is 15.5. The molecule has 0 bridgehead atoms. The van der Waals surface area contributed by atoms with Crippen molar-refractivity contribution >= 4 is 5.97 Å². The molecule has 0 saturated carbocycles. The predicted octanol–water partition coefficient (Wildman–Crippen LogP) is 3.98. The summed E-state index contributed by atoms with van der Waals surface area (Å²) < 4.78 is 9.99. The molecule has 106 valence electrons. The van der Waals surface area contributed by atoms with E-state index in [0.717, 1.165) is 17.3 Å². The molecule has 0 amide bonds. The van der Waals surface area contributed by atoms with Crippen molar-refractivity contribution in [2.45, 2.75) is 40.5 Å². The number of allylic oxidation sites excluding steroid dienone is 3. The van der Waals surface area contributed by atoms with Crippen molar-refractivity contribution in [2.75, 3.05) is 7.11 Å². The van der Waals surface area contributed by atoms with Gasteiger partial charge in [0.1, 0.15) is 11.5 Å². The third-order valence-electron chi connectivity index (χ3n) is 3.36. The average molecular weight is 264 g/mol. The minimum Gasteiger partial charge on any atom is -0.466 e. The smallest absolute Gasteiger partial charge is 0.334 e. The summed E-state index contributed by atoms with van der Waals surface area (Å²) in [5.41, 5.74) is 1.12. The molecule has 1 rings (SSSR count). The Kier molecular flexibility index (Phi) is 5.87. The van der Waals surface area contributed by atoms with Gasteiger partial charge >= 0.3 is 5.97 Å². The van der Waals surface area contributed by atoms with Gasteiger partial charge in [0, 0.05) is 6.08 Å². The third-order valence-corrected chi connectivity index (χ3v) is 3.36. The molecule has 0 aromatic rings. The fourth-order valence-electron chi connectivity index (χ4n) is 2.08. The van der Waals surface area contributed by atoms with Gasteiger partial charge in [0.05, 0.1) is 13.2 Å². The van der Waals surface area contributed by atoms with Crippen molar-refractivity contribution in [1.82, 2.24) is 0 Å². The lowest BCUT2D eigenvalue weighted by Gasteiger charge is -2.21. The lowest BCUT2D eigenvalue weighted by Crippen LogP contribution is -2.09. The number of methoxy groups -OCH3 is 1. The zero-order valence-electron chi connectivity index (χ0n) is 12.5. The minimum absolute atomic E-state index is 0.392. The highest BCUT2D eigenvalue weighted by Crippen LogP contribution is 2.29. The molecule has 2 atom stereocenters. The van der Waals surface area contributed by atoms with Gasteiger partial charge in [-0.2, -0.15) is 0 Å². The summed E-state index contributed by atoms with van der Waals surface area (Å²) in [6.07, 6.45) is 7.83. The Morgan fingerprint density at radius 3 is 2.63 bits per heavy atom. The number of carbonyl (C=O) groups excluding carboxylic acids is 1. The number of hydrogen-bond acceptors (Lipinski definition) is 3. The molecular formula is C16H24O3. The van der Waals surface area contributed by atoms with Crippen LogP contribution >= 0.6 is 0 Å².